The fraction of sp³-hybridized carbons (Fsp3) is 1.00. The Morgan fingerprint density at radius 2 is 1.00 bits per heavy atom. The van der Waals surface area contributed by atoms with E-state index in [0.717, 1.165) is 25.7 Å². The summed E-state index contributed by atoms with van der Waals surface area (Å²) >= 11 is 0. The predicted molar refractivity (Wildman–Crippen MR) is 63.6 cm³/mol. The molecule has 0 amide bonds. The molecule has 0 aliphatic carbocycles. The molecule has 0 spiro atoms. The molecule has 0 aromatic carbocycles. The molecule has 0 aliphatic rings. The minimum Gasteiger partial charge on any atom is -0.854 e. The Kier molecular flexibility index (Phi) is 25.9. The van der Waals surface area contributed by atoms with Crippen LogP contribution in [0.25, 0.3) is 0 Å². The van der Waals surface area contributed by atoms with E-state index in [2.05, 4.69) is 27.7 Å². The van der Waals surface area contributed by atoms with Crippen LogP contribution in [-0.4, -0.2) is 62.1 Å². The zero-order valence-electron chi connectivity index (χ0n) is 10.9. The van der Waals surface area contributed by atoms with Crippen molar-refractivity contribution < 1.29 is 10.2 Å². The van der Waals surface area contributed by atoms with Crippen LogP contribution in [0.5, 0.6) is 0 Å². The van der Waals surface area contributed by atoms with Crippen molar-refractivity contribution in [3.8, 4) is 0 Å². The van der Waals surface area contributed by atoms with Gasteiger partial charge >= 0.3 is 48.9 Å². The zero-order valence-corrected chi connectivity index (χ0v) is 15.4. The molecule has 0 saturated heterocycles. The molecule has 0 heterocycles. The van der Waals surface area contributed by atoms with E-state index in [9.17, 15) is 10.2 Å². The van der Waals surface area contributed by atoms with Crippen molar-refractivity contribution in [1.82, 2.24) is 0 Å². The first-order valence-corrected chi connectivity index (χ1v) is 5.70. The van der Waals surface area contributed by atoms with Crippen molar-refractivity contribution in [3.05, 3.63) is 0 Å². The minimum absolute atomic E-state index is 0. The van der Waals surface area contributed by atoms with Gasteiger partial charge in [0.05, 0.1) is 0 Å². The molecule has 15 heavy (non-hydrogen) atoms. The van der Waals surface area contributed by atoms with Crippen LogP contribution in [0.4, 0.5) is 0 Å². The van der Waals surface area contributed by atoms with Gasteiger partial charge in [0.25, 0.3) is 0 Å². The fourth-order valence-corrected chi connectivity index (χ4v) is 0.983. The second-order valence-electron chi connectivity index (χ2n) is 4.48. The molecule has 0 radical (unpaired) electrons. The van der Waals surface area contributed by atoms with Crippen molar-refractivity contribution in [1.29, 1.82) is 0 Å². The summed E-state index contributed by atoms with van der Waals surface area (Å²) in [6.45, 7) is 8.73. The zero-order chi connectivity index (χ0) is 11.4. The normalized spacial score (nSPS) is 9.60. The molecule has 0 bridgehead atoms. The van der Waals surface area contributed by atoms with Gasteiger partial charge in [0, 0.05) is 0 Å². The summed E-state index contributed by atoms with van der Waals surface area (Å²) in [5, 5.41) is 19.7. The summed E-state index contributed by atoms with van der Waals surface area (Å²) < 4.78 is 0. The summed E-state index contributed by atoms with van der Waals surface area (Å²) in [5.74, 6) is 1.41. The molecule has 2 nitrogen and oxygen atoms in total. The second kappa shape index (κ2) is 17.9. The van der Waals surface area contributed by atoms with Crippen LogP contribution in [0.1, 0.15) is 53.4 Å². The van der Waals surface area contributed by atoms with E-state index >= 15 is 0 Å². The van der Waals surface area contributed by atoms with Crippen molar-refractivity contribution in [2.45, 2.75) is 53.4 Å². The smallest absolute Gasteiger partial charge is 0.854 e. The Bertz CT molecular complexity index is 83.6. The molecular formula is C12H26BaO2. The standard InChI is InChI=1S/2C6H13O.Ba/c2*1-6(2)4-3-5-7;/h2*6H,3-5H2,1-2H3;/q2*-1;+2. The molecule has 0 aromatic heterocycles. The van der Waals surface area contributed by atoms with E-state index in [1.165, 1.54) is 0 Å². The summed E-state index contributed by atoms with van der Waals surface area (Å²) in [6, 6.07) is 0. The van der Waals surface area contributed by atoms with E-state index in [0.29, 0.717) is 11.8 Å². The number of hydrogen-bond donors (Lipinski definition) is 0. The average Bonchev–Trinajstić information content (AvgIpc) is 2.12. The van der Waals surface area contributed by atoms with Gasteiger partial charge in [0.1, 0.15) is 0 Å². The first-order chi connectivity index (χ1) is 6.54. The van der Waals surface area contributed by atoms with Crippen molar-refractivity contribution in [2.75, 3.05) is 13.2 Å². The number of rotatable bonds is 6. The molecule has 3 heteroatoms. The summed E-state index contributed by atoms with van der Waals surface area (Å²) in [5.41, 5.74) is 0. The van der Waals surface area contributed by atoms with Crippen molar-refractivity contribution in [2.24, 2.45) is 11.8 Å². The summed E-state index contributed by atoms with van der Waals surface area (Å²) in [7, 11) is 0. The van der Waals surface area contributed by atoms with Gasteiger partial charge < -0.3 is 10.2 Å². The molecule has 0 aromatic rings. The average molecular weight is 340 g/mol. The Morgan fingerprint density at radius 1 is 0.733 bits per heavy atom. The molecule has 0 unspecified atom stereocenters. The van der Waals surface area contributed by atoms with Gasteiger partial charge in [0.2, 0.25) is 0 Å². The molecule has 88 valence electrons. The largest absolute Gasteiger partial charge is 2.00 e. The van der Waals surface area contributed by atoms with E-state index in [1.807, 2.05) is 0 Å². The summed E-state index contributed by atoms with van der Waals surface area (Å²) in [6.07, 6.45) is 3.86. The van der Waals surface area contributed by atoms with Gasteiger partial charge in [-0.05, 0) is 11.8 Å². The van der Waals surface area contributed by atoms with E-state index in [-0.39, 0.29) is 62.1 Å². The maximum absolute atomic E-state index is 9.83. The molecule has 0 rings (SSSR count). The molecule has 0 aliphatic heterocycles. The van der Waals surface area contributed by atoms with E-state index in [4.69, 9.17) is 0 Å². The van der Waals surface area contributed by atoms with Crippen LogP contribution in [0.15, 0.2) is 0 Å². The van der Waals surface area contributed by atoms with Crippen LogP contribution >= 0.6 is 0 Å². The van der Waals surface area contributed by atoms with Gasteiger partial charge in [-0.2, -0.15) is 0 Å². The molecular weight excluding hydrogens is 313 g/mol. The topological polar surface area (TPSA) is 46.1 Å². The molecule has 0 N–H and O–H groups in total. The Hall–Kier alpha value is 1.49. The number of hydrogen-bond acceptors (Lipinski definition) is 2. The quantitative estimate of drug-likeness (QED) is 0.682. The molecule has 0 fully saturated rings. The van der Waals surface area contributed by atoms with Crippen molar-refractivity contribution >= 4 is 48.9 Å². The van der Waals surface area contributed by atoms with Crippen LogP contribution in [0.2, 0.25) is 0 Å². The first-order valence-electron chi connectivity index (χ1n) is 5.70. The third-order valence-corrected chi connectivity index (χ3v) is 1.85. The van der Waals surface area contributed by atoms with Crippen LogP contribution in [-0.2, 0) is 0 Å². The third kappa shape index (κ3) is 31.3. The Morgan fingerprint density at radius 3 is 1.07 bits per heavy atom. The SMILES string of the molecule is CC(C)CCC[O-].CC(C)CCC[O-].[Ba+2]. The molecule has 0 saturated carbocycles. The Labute approximate surface area is 136 Å². The summed E-state index contributed by atoms with van der Waals surface area (Å²) in [4.78, 5) is 0. The van der Waals surface area contributed by atoms with Gasteiger partial charge in [-0.25, -0.2) is 0 Å². The second-order valence-corrected chi connectivity index (χ2v) is 4.48. The minimum atomic E-state index is 0. The predicted octanol–water partition coefficient (Wildman–Crippen LogP) is 1.19. The third-order valence-electron chi connectivity index (χ3n) is 1.85. The maximum atomic E-state index is 9.83. The fourth-order valence-electron chi connectivity index (χ4n) is 0.983. The van der Waals surface area contributed by atoms with Crippen LogP contribution in [0.3, 0.4) is 0 Å². The van der Waals surface area contributed by atoms with E-state index in [1.54, 1.807) is 0 Å². The van der Waals surface area contributed by atoms with Crippen molar-refractivity contribution in [3.63, 3.8) is 0 Å². The molecule has 0 atom stereocenters. The van der Waals surface area contributed by atoms with E-state index < -0.39 is 0 Å². The van der Waals surface area contributed by atoms with Crippen LogP contribution in [0, 0.1) is 11.8 Å². The van der Waals surface area contributed by atoms with Gasteiger partial charge in [0.15, 0.2) is 0 Å². The van der Waals surface area contributed by atoms with Gasteiger partial charge in [-0.15, -0.1) is 13.2 Å². The Balaban J connectivity index is -0.000000180. The first kappa shape index (κ1) is 21.7. The van der Waals surface area contributed by atoms with Gasteiger partial charge in [-0.1, -0.05) is 53.4 Å². The van der Waals surface area contributed by atoms with Crippen LogP contribution < -0.4 is 10.2 Å². The van der Waals surface area contributed by atoms with Gasteiger partial charge in [-0.3, -0.25) is 0 Å². The maximum Gasteiger partial charge on any atom is 2.00 e. The monoisotopic (exact) mass is 340 g/mol.